The van der Waals surface area contributed by atoms with E-state index in [2.05, 4.69) is 27.1 Å². The molecular formula is C22H30N4O3S. The van der Waals surface area contributed by atoms with Gasteiger partial charge in [0.05, 0.1) is 13.7 Å². The minimum atomic E-state index is -0.0872. The van der Waals surface area contributed by atoms with Crippen LogP contribution in [0.2, 0.25) is 0 Å². The van der Waals surface area contributed by atoms with Crippen LogP contribution in [0.3, 0.4) is 0 Å². The third-order valence-electron chi connectivity index (χ3n) is 4.81. The average Bonchev–Trinajstić information content (AvgIpc) is 3.23. The van der Waals surface area contributed by atoms with Gasteiger partial charge in [0.15, 0.2) is 5.96 Å². The Bertz CT molecular complexity index is 868. The van der Waals surface area contributed by atoms with E-state index < -0.39 is 0 Å². The van der Waals surface area contributed by atoms with Crippen molar-refractivity contribution >= 4 is 23.2 Å². The van der Waals surface area contributed by atoms with Gasteiger partial charge in [0, 0.05) is 30.6 Å². The highest BCUT2D eigenvalue weighted by Crippen LogP contribution is 2.24. The van der Waals surface area contributed by atoms with Crippen molar-refractivity contribution < 1.29 is 14.3 Å². The number of hydrogen-bond acceptors (Lipinski definition) is 5. The number of ether oxygens (including phenoxy) is 2. The Morgan fingerprint density at radius 1 is 1.30 bits per heavy atom. The number of benzene rings is 1. The molecular weight excluding hydrogens is 400 g/mol. The molecule has 0 aliphatic carbocycles. The number of methoxy groups -OCH3 is 1. The number of fused-ring (bicyclic) bond motifs is 1. The van der Waals surface area contributed by atoms with E-state index in [1.807, 2.05) is 43.0 Å². The zero-order valence-electron chi connectivity index (χ0n) is 17.8. The predicted molar refractivity (Wildman–Crippen MR) is 121 cm³/mol. The lowest BCUT2D eigenvalue weighted by Gasteiger charge is -2.26. The summed E-state index contributed by atoms with van der Waals surface area (Å²) >= 11 is 1.77. The van der Waals surface area contributed by atoms with E-state index in [0.29, 0.717) is 25.6 Å². The van der Waals surface area contributed by atoms with E-state index in [1.54, 1.807) is 18.4 Å². The van der Waals surface area contributed by atoms with Crippen molar-refractivity contribution in [3.05, 3.63) is 46.2 Å². The summed E-state index contributed by atoms with van der Waals surface area (Å²) in [5.74, 6) is 2.16. The minimum Gasteiger partial charge on any atom is -0.497 e. The lowest BCUT2D eigenvalue weighted by molar-refractivity contribution is -0.130. The van der Waals surface area contributed by atoms with E-state index in [1.165, 1.54) is 10.4 Å². The summed E-state index contributed by atoms with van der Waals surface area (Å²) in [5, 5.41) is 8.53. The summed E-state index contributed by atoms with van der Waals surface area (Å²) in [6.45, 7) is 6.82. The standard InChI is InChI=1S/C22H30N4O3S/c1-4-23-22(24-13-16(2)29-19-7-5-6-18(12-19)28-3)25-14-21(27)26-10-8-20-17(15-26)9-11-30-20/h5-7,9,11-12,16H,4,8,10,13-15H2,1-3H3,(H2,23,24,25). The number of nitrogens with zero attached hydrogens (tertiary/aromatic N) is 2. The van der Waals surface area contributed by atoms with Gasteiger partial charge in [-0.1, -0.05) is 6.07 Å². The van der Waals surface area contributed by atoms with Gasteiger partial charge >= 0.3 is 0 Å². The van der Waals surface area contributed by atoms with Gasteiger partial charge in [0.2, 0.25) is 5.91 Å². The second-order valence-corrected chi connectivity index (χ2v) is 8.12. The number of nitrogens with one attached hydrogen (secondary N) is 2. The molecule has 7 nitrogen and oxygen atoms in total. The van der Waals surface area contributed by atoms with Gasteiger partial charge in [0.25, 0.3) is 0 Å². The van der Waals surface area contributed by atoms with Gasteiger partial charge < -0.3 is 25.0 Å². The largest absolute Gasteiger partial charge is 0.497 e. The lowest BCUT2D eigenvalue weighted by atomic mass is 10.1. The van der Waals surface area contributed by atoms with Crippen molar-refractivity contribution in [3.8, 4) is 11.5 Å². The van der Waals surface area contributed by atoms with E-state index in [0.717, 1.165) is 24.5 Å². The molecule has 1 amide bonds. The van der Waals surface area contributed by atoms with Gasteiger partial charge in [-0.05, 0) is 49.4 Å². The highest BCUT2D eigenvalue weighted by atomic mass is 32.1. The summed E-state index contributed by atoms with van der Waals surface area (Å²) in [6.07, 6.45) is 0.843. The number of amides is 1. The van der Waals surface area contributed by atoms with Crippen molar-refractivity contribution in [1.29, 1.82) is 0 Å². The van der Waals surface area contributed by atoms with Gasteiger partial charge in [0.1, 0.15) is 24.1 Å². The van der Waals surface area contributed by atoms with Crippen molar-refractivity contribution in [2.75, 3.05) is 33.3 Å². The fourth-order valence-corrected chi connectivity index (χ4v) is 4.13. The SMILES string of the molecule is CCNC(=NCC(=O)N1CCc2sccc2C1)NCC(C)Oc1cccc(OC)c1. The number of carbonyl (C=O) groups is 1. The predicted octanol–water partition coefficient (Wildman–Crippen LogP) is 2.66. The Balaban J connectivity index is 1.49. The number of thiophene rings is 1. The first-order chi connectivity index (χ1) is 14.6. The third kappa shape index (κ3) is 6.13. The molecule has 2 heterocycles. The molecule has 8 heteroatoms. The van der Waals surface area contributed by atoms with Gasteiger partial charge in [-0.2, -0.15) is 0 Å². The quantitative estimate of drug-likeness (QED) is 0.498. The van der Waals surface area contributed by atoms with Gasteiger partial charge in [-0.25, -0.2) is 4.99 Å². The first kappa shape index (κ1) is 22.0. The fraction of sp³-hybridized carbons (Fsp3) is 0.455. The molecule has 0 fully saturated rings. The second-order valence-electron chi connectivity index (χ2n) is 7.12. The molecule has 0 saturated heterocycles. The molecule has 0 radical (unpaired) electrons. The number of guanidine groups is 1. The molecule has 3 rings (SSSR count). The fourth-order valence-electron chi connectivity index (χ4n) is 3.24. The topological polar surface area (TPSA) is 75.2 Å². The summed E-state index contributed by atoms with van der Waals surface area (Å²) in [4.78, 5) is 20.4. The summed E-state index contributed by atoms with van der Waals surface area (Å²) in [7, 11) is 1.63. The van der Waals surface area contributed by atoms with Gasteiger partial charge in [-0.15, -0.1) is 11.3 Å². The molecule has 1 aliphatic heterocycles. The molecule has 1 aromatic carbocycles. The highest BCUT2D eigenvalue weighted by Gasteiger charge is 2.21. The first-order valence-electron chi connectivity index (χ1n) is 10.2. The zero-order chi connectivity index (χ0) is 21.3. The van der Waals surface area contributed by atoms with E-state index >= 15 is 0 Å². The van der Waals surface area contributed by atoms with Crippen LogP contribution in [0.5, 0.6) is 11.5 Å². The molecule has 1 atom stereocenters. The molecule has 1 aromatic heterocycles. The summed E-state index contributed by atoms with van der Waals surface area (Å²) < 4.78 is 11.2. The molecule has 1 aliphatic rings. The smallest absolute Gasteiger partial charge is 0.244 e. The lowest BCUT2D eigenvalue weighted by Crippen LogP contribution is -2.43. The Hall–Kier alpha value is -2.74. The number of hydrogen-bond donors (Lipinski definition) is 2. The molecule has 0 saturated carbocycles. The molecule has 0 bridgehead atoms. The number of carbonyl (C=O) groups excluding carboxylic acids is 1. The zero-order valence-corrected chi connectivity index (χ0v) is 18.6. The number of aliphatic imine (C=N–C) groups is 1. The van der Waals surface area contributed by atoms with Crippen LogP contribution < -0.4 is 20.1 Å². The van der Waals surface area contributed by atoms with Crippen LogP contribution in [0.25, 0.3) is 0 Å². The molecule has 162 valence electrons. The third-order valence-corrected chi connectivity index (χ3v) is 5.84. The van der Waals surface area contributed by atoms with Crippen LogP contribution in [0.15, 0.2) is 40.7 Å². The molecule has 30 heavy (non-hydrogen) atoms. The summed E-state index contributed by atoms with van der Waals surface area (Å²) in [6, 6.07) is 9.63. The van der Waals surface area contributed by atoms with Crippen molar-refractivity contribution in [1.82, 2.24) is 15.5 Å². The van der Waals surface area contributed by atoms with Crippen LogP contribution in [0.1, 0.15) is 24.3 Å². The minimum absolute atomic E-state index is 0.0460. The van der Waals surface area contributed by atoms with E-state index in [-0.39, 0.29) is 18.6 Å². The van der Waals surface area contributed by atoms with Crippen molar-refractivity contribution in [3.63, 3.8) is 0 Å². The van der Waals surface area contributed by atoms with E-state index in [9.17, 15) is 4.79 Å². The second kappa shape index (κ2) is 10.9. The van der Waals surface area contributed by atoms with Crippen LogP contribution in [-0.2, 0) is 17.8 Å². The van der Waals surface area contributed by atoms with Crippen molar-refractivity contribution in [2.45, 2.75) is 32.9 Å². The Kier molecular flexibility index (Phi) is 7.96. The van der Waals surface area contributed by atoms with Gasteiger partial charge in [-0.3, -0.25) is 4.79 Å². The molecule has 2 N–H and O–H groups in total. The van der Waals surface area contributed by atoms with Crippen LogP contribution >= 0.6 is 11.3 Å². The van der Waals surface area contributed by atoms with Crippen LogP contribution in [-0.4, -0.2) is 56.2 Å². The van der Waals surface area contributed by atoms with E-state index in [4.69, 9.17) is 9.47 Å². The monoisotopic (exact) mass is 430 g/mol. The number of rotatable bonds is 8. The highest BCUT2D eigenvalue weighted by molar-refractivity contribution is 7.10. The Morgan fingerprint density at radius 2 is 2.13 bits per heavy atom. The van der Waals surface area contributed by atoms with Crippen LogP contribution in [0.4, 0.5) is 0 Å². The maximum atomic E-state index is 12.6. The maximum Gasteiger partial charge on any atom is 0.244 e. The first-order valence-corrected chi connectivity index (χ1v) is 11.1. The summed E-state index contributed by atoms with van der Waals surface area (Å²) in [5.41, 5.74) is 1.26. The molecule has 1 unspecified atom stereocenters. The molecule has 2 aromatic rings. The maximum absolute atomic E-state index is 12.6. The molecule has 0 spiro atoms. The van der Waals surface area contributed by atoms with Crippen LogP contribution in [0, 0.1) is 0 Å². The Morgan fingerprint density at radius 3 is 2.93 bits per heavy atom. The average molecular weight is 431 g/mol. The normalized spacial score (nSPS) is 14.6. The Labute approximate surface area is 182 Å². The van der Waals surface area contributed by atoms with Crippen molar-refractivity contribution in [2.24, 2.45) is 4.99 Å².